The summed E-state index contributed by atoms with van der Waals surface area (Å²) in [6.45, 7) is 8.89. The van der Waals surface area contributed by atoms with E-state index in [1.807, 2.05) is 0 Å². The van der Waals surface area contributed by atoms with Gasteiger partial charge in [0.1, 0.15) is 0 Å². The van der Waals surface area contributed by atoms with E-state index in [1.54, 1.807) is 0 Å². The number of nitrogens with one attached hydrogen (secondary N) is 1. The van der Waals surface area contributed by atoms with E-state index in [-0.39, 0.29) is 5.91 Å². The highest BCUT2D eigenvalue weighted by atomic mass is 16.1. The van der Waals surface area contributed by atoms with E-state index >= 15 is 0 Å². The van der Waals surface area contributed by atoms with E-state index in [2.05, 4.69) is 46.3 Å². The zero-order chi connectivity index (χ0) is 21.2. The lowest BCUT2D eigenvalue weighted by Gasteiger charge is -2.34. The monoisotopic (exact) mass is 413 g/mol. The molecule has 1 aromatic rings. The Morgan fingerprint density at radius 3 is 2.53 bits per heavy atom. The Morgan fingerprint density at radius 2 is 1.83 bits per heavy atom. The molecule has 0 aromatic heterocycles. The SMILES string of the molecule is CCNC(=NCc1ccccc1CN1CCCCCC1)N1CCCC(CC(N)=O)C1. The van der Waals surface area contributed by atoms with Crippen LogP contribution in [-0.4, -0.2) is 54.4 Å². The molecular weight excluding hydrogens is 374 g/mol. The predicted molar refractivity (Wildman–Crippen MR) is 123 cm³/mol. The molecule has 0 spiro atoms. The van der Waals surface area contributed by atoms with E-state index in [9.17, 15) is 4.79 Å². The minimum absolute atomic E-state index is 0.203. The fourth-order valence-electron chi connectivity index (χ4n) is 4.70. The predicted octanol–water partition coefficient (Wildman–Crippen LogP) is 3.12. The quantitative estimate of drug-likeness (QED) is 0.532. The maximum absolute atomic E-state index is 11.4. The fourth-order valence-corrected chi connectivity index (χ4v) is 4.70. The van der Waals surface area contributed by atoms with Crippen molar-refractivity contribution >= 4 is 11.9 Å². The van der Waals surface area contributed by atoms with Gasteiger partial charge in [0, 0.05) is 32.6 Å². The first-order chi connectivity index (χ1) is 14.7. The average molecular weight is 414 g/mol. The number of carbonyl (C=O) groups excluding carboxylic acids is 1. The number of nitrogens with two attached hydrogens (primary N) is 1. The van der Waals surface area contributed by atoms with Crippen molar-refractivity contribution in [2.75, 3.05) is 32.7 Å². The van der Waals surface area contributed by atoms with Gasteiger partial charge in [-0.1, -0.05) is 37.1 Å². The van der Waals surface area contributed by atoms with Crippen molar-refractivity contribution in [3.63, 3.8) is 0 Å². The van der Waals surface area contributed by atoms with Crippen LogP contribution in [0.1, 0.15) is 63.0 Å². The van der Waals surface area contributed by atoms with Crippen LogP contribution in [0.3, 0.4) is 0 Å². The second-order valence-electron chi connectivity index (χ2n) is 8.75. The van der Waals surface area contributed by atoms with Gasteiger partial charge in [-0.25, -0.2) is 4.99 Å². The van der Waals surface area contributed by atoms with Gasteiger partial charge in [-0.15, -0.1) is 0 Å². The maximum atomic E-state index is 11.4. The third kappa shape index (κ3) is 7.01. The smallest absolute Gasteiger partial charge is 0.217 e. The summed E-state index contributed by atoms with van der Waals surface area (Å²) in [5.74, 6) is 1.08. The maximum Gasteiger partial charge on any atom is 0.217 e. The van der Waals surface area contributed by atoms with Gasteiger partial charge in [0.25, 0.3) is 0 Å². The summed E-state index contributed by atoms with van der Waals surface area (Å²) < 4.78 is 0. The number of guanidine groups is 1. The highest BCUT2D eigenvalue weighted by Crippen LogP contribution is 2.20. The zero-order valence-electron chi connectivity index (χ0n) is 18.6. The Kier molecular flexibility index (Phi) is 9.00. The lowest BCUT2D eigenvalue weighted by atomic mass is 9.95. The summed E-state index contributed by atoms with van der Waals surface area (Å²) in [5.41, 5.74) is 8.14. The number of amides is 1. The molecule has 3 N–H and O–H groups in total. The largest absolute Gasteiger partial charge is 0.370 e. The molecule has 2 fully saturated rings. The summed E-state index contributed by atoms with van der Waals surface area (Å²) in [5, 5.41) is 3.45. The molecule has 30 heavy (non-hydrogen) atoms. The number of rotatable bonds is 7. The fraction of sp³-hybridized carbons (Fsp3) is 0.667. The summed E-state index contributed by atoms with van der Waals surface area (Å²) in [7, 11) is 0. The van der Waals surface area contributed by atoms with Crippen LogP contribution in [0.4, 0.5) is 0 Å². The average Bonchev–Trinajstić information content (AvgIpc) is 3.00. The minimum Gasteiger partial charge on any atom is -0.370 e. The number of likely N-dealkylation sites (tertiary alicyclic amines) is 2. The van der Waals surface area contributed by atoms with Crippen molar-refractivity contribution in [2.45, 2.75) is 65.0 Å². The van der Waals surface area contributed by atoms with E-state index in [1.165, 1.54) is 49.9 Å². The molecule has 2 aliphatic rings. The standard InChI is InChI=1S/C24H39N5O/c1-2-26-24(29-15-9-10-20(18-29)16-23(25)30)27-17-21-11-5-6-12-22(21)19-28-13-7-3-4-8-14-28/h5-6,11-12,20H,2-4,7-10,13-19H2,1H3,(H2,25,30)(H,26,27). The number of hydrogen-bond acceptors (Lipinski definition) is 3. The molecule has 0 aliphatic carbocycles. The molecule has 6 nitrogen and oxygen atoms in total. The minimum atomic E-state index is -0.203. The number of aliphatic imine (C=N–C) groups is 1. The van der Waals surface area contributed by atoms with Crippen LogP contribution in [0.2, 0.25) is 0 Å². The summed E-state index contributed by atoms with van der Waals surface area (Å²) in [6.07, 6.45) is 7.96. The highest BCUT2D eigenvalue weighted by Gasteiger charge is 2.23. The number of nitrogens with zero attached hydrogens (tertiary/aromatic N) is 3. The molecule has 1 atom stereocenters. The number of benzene rings is 1. The van der Waals surface area contributed by atoms with Crippen molar-refractivity contribution in [3.8, 4) is 0 Å². The molecule has 0 saturated carbocycles. The van der Waals surface area contributed by atoms with Crippen LogP contribution < -0.4 is 11.1 Å². The van der Waals surface area contributed by atoms with Gasteiger partial charge < -0.3 is 16.0 Å². The van der Waals surface area contributed by atoms with Gasteiger partial charge in [0.2, 0.25) is 5.91 Å². The van der Waals surface area contributed by atoms with Crippen LogP contribution >= 0.6 is 0 Å². The number of piperidine rings is 1. The summed E-state index contributed by atoms with van der Waals surface area (Å²) in [4.78, 5) is 21.2. The van der Waals surface area contributed by atoms with Crippen LogP contribution in [-0.2, 0) is 17.9 Å². The van der Waals surface area contributed by atoms with E-state index in [0.29, 0.717) is 18.9 Å². The molecule has 0 radical (unpaired) electrons. The molecule has 1 aromatic carbocycles. The molecule has 0 bridgehead atoms. The van der Waals surface area contributed by atoms with Crippen molar-refractivity contribution < 1.29 is 4.79 Å². The van der Waals surface area contributed by atoms with E-state index in [4.69, 9.17) is 10.7 Å². The molecule has 2 aliphatic heterocycles. The Balaban J connectivity index is 1.67. The number of carbonyl (C=O) groups is 1. The van der Waals surface area contributed by atoms with Gasteiger partial charge in [-0.3, -0.25) is 9.69 Å². The lowest BCUT2D eigenvalue weighted by molar-refractivity contribution is -0.119. The zero-order valence-corrected chi connectivity index (χ0v) is 18.6. The third-order valence-electron chi connectivity index (χ3n) is 6.25. The normalized spacial score (nSPS) is 21.3. The number of primary amides is 1. The lowest BCUT2D eigenvalue weighted by Crippen LogP contribution is -2.47. The van der Waals surface area contributed by atoms with E-state index in [0.717, 1.165) is 45.0 Å². The molecule has 2 saturated heterocycles. The second kappa shape index (κ2) is 11.9. The number of hydrogen-bond donors (Lipinski definition) is 2. The topological polar surface area (TPSA) is 74.0 Å². The van der Waals surface area contributed by atoms with Crippen molar-refractivity contribution in [1.82, 2.24) is 15.1 Å². The van der Waals surface area contributed by atoms with Crippen LogP contribution in [0.15, 0.2) is 29.3 Å². The Bertz CT molecular complexity index is 697. The van der Waals surface area contributed by atoms with Crippen LogP contribution in [0, 0.1) is 5.92 Å². The molecule has 166 valence electrons. The Hall–Kier alpha value is -2.08. The second-order valence-corrected chi connectivity index (χ2v) is 8.75. The first-order valence-corrected chi connectivity index (χ1v) is 11.8. The summed E-state index contributed by atoms with van der Waals surface area (Å²) in [6, 6.07) is 8.73. The molecule has 3 rings (SSSR count). The third-order valence-corrected chi connectivity index (χ3v) is 6.25. The first kappa shape index (κ1) is 22.6. The van der Waals surface area contributed by atoms with Gasteiger partial charge in [0.05, 0.1) is 6.54 Å². The molecule has 1 amide bonds. The van der Waals surface area contributed by atoms with Gasteiger partial charge in [-0.05, 0) is 62.7 Å². The van der Waals surface area contributed by atoms with Gasteiger partial charge in [-0.2, -0.15) is 0 Å². The van der Waals surface area contributed by atoms with Crippen molar-refractivity contribution in [1.29, 1.82) is 0 Å². The van der Waals surface area contributed by atoms with Gasteiger partial charge >= 0.3 is 0 Å². The van der Waals surface area contributed by atoms with Crippen LogP contribution in [0.25, 0.3) is 0 Å². The van der Waals surface area contributed by atoms with E-state index < -0.39 is 0 Å². The Labute approximate surface area is 181 Å². The van der Waals surface area contributed by atoms with Crippen molar-refractivity contribution in [3.05, 3.63) is 35.4 Å². The molecule has 6 heteroatoms. The summed E-state index contributed by atoms with van der Waals surface area (Å²) >= 11 is 0. The first-order valence-electron chi connectivity index (χ1n) is 11.8. The Morgan fingerprint density at radius 1 is 1.10 bits per heavy atom. The highest BCUT2D eigenvalue weighted by molar-refractivity contribution is 5.80. The molecular formula is C24H39N5O. The van der Waals surface area contributed by atoms with Crippen molar-refractivity contribution in [2.24, 2.45) is 16.6 Å². The molecule has 2 heterocycles. The van der Waals surface area contributed by atoms with Gasteiger partial charge in [0.15, 0.2) is 5.96 Å². The van der Waals surface area contributed by atoms with Crippen LogP contribution in [0.5, 0.6) is 0 Å². The molecule has 1 unspecified atom stereocenters.